The molecular formula is C20H27NO3S. The molecule has 0 aliphatic carbocycles. The second-order valence-corrected chi connectivity index (χ2v) is 8.46. The van der Waals surface area contributed by atoms with E-state index in [1.54, 1.807) is 0 Å². The predicted molar refractivity (Wildman–Crippen MR) is 103 cm³/mol. The first-order valence-electron chi connectivity index (χ1n) is 8.68. The molecule has 1 aromatic carbocycles. The topological polar surface area (TPSA) is 46.6 Å². The number of hydrogen-bond acceptors (Lipinski definition) is 4. The lowest BCUT2D eigenvalue weighted by Gasteiger charge is -2.16. The van der Waals surface area contributed by atoms with Crippen LogP contribution in [0.5, 0.6) is 0 Å². The molecule has 2 rings (SSSR count). The fraction of sp³-hybridized carbons (Fsp3) is 0.500. The van der Waals surface area contributed by atoms with Gasteiger partial charge in [0, 0.05) is 5.25 Å². The number of hydrogen-bond donors (Lipinski definition) is 0. The molecule has 1 aromatic rings. The first kappa shape index (κ1) is 19.7. The number of carbonyl (C=O) groups is 2. The maximum absolute atomic E-state index is 13.0. The molecule has 0 unspecified atom stereocenters. The molecule has 1 aliphatic heterocycles. The number of carbonyl (C=O) groups excluding carboxylic acids is 2. The van der Waals surface area contributed by atoms with Crippen molar-refractivity contribution in [1.29, 1.82) is 0 Å². The van der Waals surface area contributed by atoms with Gasteiger partial charge in [0.25, 0.3) is 11.8 Å². The summed E-state index contributed by atoms with van der Waals surface area (Å²) in [5.74, 6) is -0.418. The number of imide groups is 1. The van der Waals surface area contributed by atoms with Gasteiger partial charge in [0.2, 0.25) is 0 Å². The van der Waals surface area contributed by atoms with E-state index in [0.717, 1.165) is 16.7 Å². The smallest absolute Gasteiger partial charge is 0.268 e. The van der Waals surface area contributed by atoms with Crippen LogP contribution in [0.3, 0.4) is 0 Å². The van der Waals surface area contributed by atoms with Gasteiger partial charge < -0.3 is 4.74 Å². The second kappa shape index (κ2) is 8.19. The van der Waals surface area contributed by atoms with Crippen LogP contribution in [-0.4, -0.2) is 41.2 Å². The molecule has 5 heteroatoms. The summed E-state index contributed by atoms with van der Waals surface area (Å²) in [5, 5.41) is 0.222. The third-order valence-electron chi connectivity index (χ3n) is 3.90. The highest BCUT2D eigenvalue weighted by atomic mass is 32.2. The highest BCUT2D eigenvalue weighted by Crippen LogP contribution is 2.38. The zero-order valence-corrected chi connectivity index (χ0v) is 16.7. The van der Waals surface area contributed by atoms with Crippen LogP contribution in [0, 0.1) is 13.8 Å². The molecule has 0 radical (unpaired) electrons. The minimum atomic E-state index is -0.215. The molecule has 1 aliphatic rings. The van der Waals surface area contributed by atoms with Crippen molar-refractivity contribution in [3.8, 4) is 0 Å². The molecule has 2 amide bonds. The van der Waals surface area contributed by atoms with Crippen LogP contribution in [0.25, 0.3) is 5.57 Å². The van der Waals surface area contributed by atoms with Gasteiger partial charge in [-0.2, -0.15) is 0 Å². The van der Waals surface area contributed by atoms with Crippen LogP contribution in [-0.2, 0) is 14.3 Å². The summed E-state index contributed by atoms with van der Waals surface area (Å²) < 4.78 is 5.53. The number of amides is 2. The Bertz CT molecular complexity index is 707. The van der Waals surface area contributed by atoms with E-state index in [1.807, 2.05) is 59.7 Å². The van der Waals surface area contributed by atoms with Gasteiger partial charge >= 0.3 is 0 Å². The first-order chi connectivity index (χ1) is 11.7. The van der Waals surface area contributed by atoms with Crippen LogP contribution in [0.15, 0.2) is 23.1 Å². The fourth-order valence-corrected chi connectivity index (χ4v) is 3.81. The average Bonchev–Trinajstić information content (AvgIpc) is 2.71. The van der Waals surface area contributed by atoms with Gasteiger partial charge in [-0.05, 0) is 38.8 Å². The summed E-state index contributed by atoms with van der Waals surface area (Å²) in [5.41, 5.74) is 3.53. The normalized spacial score (nSPS) is 15.3. The van der Waals surface area contributed by atoms with Gasteiger partial charge in [-0.25, -0.2) is 0 Å². The number of ether oxygens (including phenoxy) is 1. The van der Waals surface area contributed by atoms with E-state index in [0.29, 0.717) is 17.1 Å². The largest absolute Gasteiger partial charge is 0.377 e. The molecule has 0 N–H and O–H groups in total. The predicted octanol–water partition coefficient (Wildman–Crippen LogP) is 3.95. The molecule has 0 aromatic heterocycles. The van der Waals surface area contributed by atoms with Crippen molar-refractivity contribution in [2.75, 3.05) is 13.2 Å². The zero-order chi connectivity index (χ0) is 18.7. The molecule has 4 nitrogen and oxygen atoms in total. The van der Waals surface area contributed by atoms with Crippen molar-refractivity contribution in [1.82, 2.24) is 4.90 Å². The van der Waals surface area contributed by atoms with Gasteiger partial charge in [0.1, 0.15) is 0 Å². The molecule has 0 fully saturated rings. The van der Waals surface area contributed by atoms with Crippen molar-refractivity contribution in [2.24, 2.45) is 0 Å². The van der Waals surface area contributed by atoms with Gasteiger partial charge in [0.05, 0.1) is 29.7 Å². The number of thioether (sulfide) groups is 1. The van der Waals surface area contributed by atoms with E-state index in [4.69, 9.17) is 4.74 Å². The number of rotatable bonds is 7. The standard InChI is InChI=1S/C20H27NO3S/c1-12(2)24-10-9-21-19(22)17(18(20(21)23)25-13(3)4)16-8-7-14(5)11-15(16)6/h7-8,11-13H,9-10H2,1-6H3. The molecule has 0 atom stereocenters. The minimum Gasteiger partial charge on any atom is -0.377 e. The number of nitrogens with zero attached hydrogens (tertiary/aromatic N) is 1. The molecule has 1 heterocycles. The lowest BCUT2D eigenvalue weighted by atomic mass is 9.99. The molecule has 136 valence electrons. The third kappa shape index (κ3) is 4.53. The Kier molecular flexibility index (Phi) is 6.47. The monoisotopic (exact) mass is 361 g/mol. The van der Waals surface area contributed by atoms with E-state index in [9.17, 15) is 9.59 Å². The van der Waals surface area contributed by atoms with Gasteiger partial charge in [-0.3, -0.25) is 14.5 Å². The lowest BCUT2D eigenvalue weighted by molar-refractivity contribution is -0.137. The van der Waals surface area contributed by atoms with Crippen molar-refractivity contribution in [3.63, 3.8) is 0 Å². The molecule has 0 saturated heterocycles. The van der Waals surface area contributed by atoms with Crippen molar-refractivity contribution in [3.05, 3.63) is 39.8 Å². The maximum atomic E-state index is 13.0. The van der Waals surface area contributed by atoms with Crippen molar-refractivity contribution in [2.45, 2.75) is 52.9 Å². The van der Waals surface area contributed by atoms with E-state index in [2.05, 4.69) is 0 Å². The van der Waals surface area contributed by atoms with Crippen LogP contribution in [0.4, 0.5) is 0 Å². The summed E-state index contributed by atoms with van der Waals surface area (Å²) in [6, 6.07) is 5.97. The number of benzene rings is 1. The highest BCUT2D eigenvalue weighted by Gasteiger charge is 2.39. The molecule has 0 bridgehead atoms. The van der Waals surface area contributed by atoms with E-state index >= 15 is 0 Å². The summed E-state index contributed by atoms with van der Waals surface area (Å²) in [6.07, 6.45) is 0.0732. The fourth-order valence-electron chi connectivity index (χ4n) is 2.81. The molecule has 0 saturated carbocycles. The van der Waals surface area contributed by atoms with Crippen LogP contribution >= 0.6 is 11.8 Å². The quantitative estimate of drug-likeness (QED) is 0.690. The van der Waals surface area contributed by atoms with Crippen LogP contribution in [0.1, 0.15) is 44.4 Å². The first-order valence-corrected chi connectivity index (χ1v) is 9.56. The second-order valence-electron chi connectivity index (χ2n) is 6.87. The maximum Gasteiger partial charge on any atom is 0.268 e. The third-order valence-corrected chi connectivity index (χ3v) is 4.98. The Balaban J connectivity index is 2.39. The summed E-state index contributed by atoms with van der Waals surface area (Å²) in [7, 11) is 0. The summed E-state index contributed by atoms with van der Waals surface area (Å²) >= 11 is 1.46. The van der Waals surface area contributed by atoms with Crippen LogP contribution < -0.4 is 0 Å². The van der Waals surface area contributed by atoms with E-state index in [-0.39, 0.29) is 29.7 Å². The summed E-state index contributed by atoms with van der Waals surface area (Å²) in [4.78, 5) is 27.7. The Morgan fingerprint density at radius 2 is 1.76 bits per heavy atom. The van der Waals surface area contributed by atoms with Gasteiger partial charge in [-0.15, -0.1) is 11.8 Å². The highest BCUT2D eigenvalue weighted by molar-refractivity contribution is 8.04. The lowest BCUT2D eigenvalue weighted by Crippen LogP contribution is -2.35. The SMILES string of the molecule is Cc1ccc(C2=C(SC(C)C)C(=O)N(CCOC(C)C)C2=O)c(C)c1. The van der Waals surface area contributed by atoms with E-state index < -0.39 is 0 Å². The average molecular weight is 362 g/mol. The van der Waals surface area contributed by atoms with Gasteiger partial charge in [-0.1, -0.05) is 37.6 Å². The summed E-state index contributed by atoms with van der Waals surface area (Å²) in [6.45, 7) is 12.6. The van der Waals surface area contributed by atoms with Gasteiger partial charge in [0.15, 0.2) is 0 Å². The molecule has 25 heavy (non-hydrogen) atoms. The van der Waals surface area contributed by atoms with Crippen molar-refractivity contribution < 1.29 is 14.3 Å². The van der Waals surface area contributed by atoms with Crippen molar-refractivity contribution >= 4 is 29.1 Å². The zero-order valence-electron chi connectivity index (χ0n) is 15.9. The molecular weight excluding hydrogens is 334 g/mol. The number of aryl methyl sites for hydroxylation is 2. The van der Waals surface area contributed by atoms with Crippen LogP contribution in [0.2, 0.25) is 0 Å². The molecule has 0 spiro atoms. The Morgan fingerprint density at radius 1 is 1.08 bits per heavy atom. The Labute approximate surface area is 154 Å². The Morgan fingerprint density at radius 3 is 2.32 bits per heavy atom. The minimum absolute atomic E-state index is 0.0732. The van der Waals surface area contributed by atoms with E-state index in [1.165, 1.54) is 16.7 Å². The Hall–Kier alpha value is -1.59.